The van der Waals surface area contributed by atoms with E-state index in [4.69, 9.17) is 0 Å². The Labute approximate surface area is 123 Å². The fourth-order valence-corrected chi connectivity index (χ4v) is 2.89. The van der Waals surface area contributed by atoms with E-state index in [-0.39, 0.29) is 0 Å². The summed E-state index contributed by atoms with van der Waals surface area (Å²) in [5.74, 6) is 1.01. The number of halogens is 1. The molecule has 0 atom stereocenters. The fourth-order valence-electron chi connectivity index (χ4n) is 1.76. The molecule has 3 rings (SSSR count). The molecule has 7 heteroatoms. The molecule has 5 nitrogen and oxygen atoms in total. The zero-order valence-corrected chi connectivity index (χ0v) is 12.5. The van der Waals surface area contributed by atoms with Crippen molar-refractivity contribution < 1.29 is 0 Å². The first-order valence-corrected chi connectivity index (χ1v) is 7.69. The first-order chi connectivity index (χ1) is 9.31. The molecule has 0 radical (unpaired) electrons. The van der Waals surface area contributed by atoms with Crippen LogP contribution in [0, 0.1) is 0 Å². The first kappa shape index (κ1) is 12.7. The molecule has 3 aromatic rings. The molecule has 0 aromatic carbocycles. The highest BCUT2D eigenvalue weighted by Crippen LogP contribution is 2.21. The lowest BCUT2D eigenvalue weighted by molar-refractivity contribution is 0.683. The molecule has 19 heavy (non-hydrogen) atoms. The minimum Gasteiger partial charge on any atom is -0.337 e. The summed E-state index contributed by atoms with van der Waals surface area (Å²) < 4.78 is 3.04. The van der Waals surface area contributed by atoms with Crippen molar-refractivity contribution in [3.8, 4) is 0 Å². The Morgan fingerprint density at radius 1 is 1.42 bits per heavy atom. The Bertz CT molecular complexity index is 664. The van der Waals surface area contributed by atoms with Crippen molar-refractivity contribution in [2.24, 2.45) is 0 Å². The van der Waals surface area contributed by atoms with Crippen LogP contribution in [0.15, 0.2) is 40.6 Å². The second kappa shape index (κ2) is 5.75. The van der Waals surface area contributed by atoms with Gasteiger partial charge >= 0.3 is 0 Å². The van der Waals surface area contributed by atoms with Gasteiger partial charge < -0.3 is 9.55 Å². The van der Waals surface area contributed by atoms with Crippen LogP contribution in [0.4, 0.5) is 0 Å². The average molecular weight is 338 g/mol. The number of aromatic nitrogens is 5. The molecule has 0 aliphatic rings. The summed E-state index contributed by atoms with van der Waals surface area (Å²) in [6, 6.07) is 1.99. The molecule has 3 aromatic heterocycles. The van der Waals surface area contributed by atoms with E-state index in [0.29, 0.717) is 0 Å². The molecule has 3 heterocycles. The summed E-state index contributed by atoms with van der Waals surface area (Å²) in [4.78, 5) is 16.0. The Morgan fingerprint density at radius 3 is 3.21 bits per heavy atom. The van der Waals surface area contributed by atoms with E-state index >= 15 is 0 Å². The van der Waals surface area contributed by atoms with Crippen molar-refractivity contribution in [1.82, 2.24) is 24.5 Å². The van der Waals surface area contributed by atoms with Crippen LogP contribution in [-0.4, -0.2) is 30.3 Å². The molecule has 0 amide bonds. The summed E-state index contributed by atoms with van der Waals surface area (Å²) in [6.45, 7) is 0.983. The monoisotopic (exact) mass is 337 g/mol. The maximum atomic E-state index is 4.44. The normalized spacial score (nSPS) is 11.2. The molecule has 0 spiro atoms. The van der Waals surface area contributed by atoms with Gasteiger partial charge in [0.2, 0.25) is 0 Å². The SMILES string of the molecule is Brc1cnc2nc(SCCCn3ccnc3)[nH]c2c1. The van der Waals surface area contributed by atoms with Gasteiger partial charge in [0.15, 0.2) is 10.8 Å². The van der Waals surface area contributed by atoms with Crippen LogP contribution in [0.25, 0.3) is 11.2 Å². The summed E-state index contributed by atoms with van der Waals surface area (Å²) >= 11 is 5.12. The lowest BCUT2D eigenvalue weighted by atomic mass is 10.4. The molecule has 0 bridgehead atoms. The molecule has 0 aliphatic carbocycles. The highest BCUT2D eigenvalue weighted by atomic mass is 79.9. The van der Waals surface area contributed by atoms with Gasteiger partial charge in [0.05, 0.1) is 11.8 Å². The molecule has 0 saturated carbocycles. The van der Waals surface area contributed by atoms with Crippen molar-refractivity contribution in [2.75, 3.05) is 5.75 Å². The van der Waals surface area contributed by atoms with Crippen LogP contribution < -0.4 is 0 Å². The highest BCUT2D eigenvalue weighted by Gasteiger charge is 2.04. The number of rotatable bonds is 5. The summed E-state index contributed by atoms with van der Waals surface area (Å²) in [5, 5.41) is 0.922. The maximum absolute atomic E-state index is 4.44. The minimum absolute atomic E-state index is 0.764. The van der Waals surface area contributed by atoms with Gasteiger partial charge in [-0.15, -0.1) is 0 Å². The third kappa shape index (κ3) is 3.16. The molecule has 0 unspecified atom stereocenters. The highest BCUT2D eigenvalue weighted by molar-refractivity contribution is 9.10. The summed E-state index contributed by atoms with van der Waals surface area (Å²) in [6.07, 6.45) is 8.46. The van der Waals surface area contributed by atoms with Crippen molar-refractivity contribution >= 4 is 38.9 Å². The number of hydrogen-bond donors (Lipinski definition) is 1. The summed E-state index contributed by atoms with van der Waals surface area (Å²) in [5.41, 5.74) is 1.73. The molecule has 0 saturated heterocycles. The number of thioether (sulfide) groups is 1. The van der Waals surface area contributed by atoms with Gasteiger partial charge in [-0.2, -0.15) is 0 Å². The number of imidazole rings is 2. The number of hydrogen-bond acceptors (Lipinski definition) is 4. The van der Waals surface area contributed by atoms with Crippen molar-refractivity contribution in [3.05, 3.63) is 35.5 Å². The average Bonchev–Trinajstić information content (AvgIpc) is 3.02. The standard InChI is InChI=1S/C12H12BrN5S/c13-9-6-10-11(15-7-9)17-12(16-10)19-5-1-3-18-4-2-14-8-18/h2,4,6-8H,1,3,5H2,(H,15,16,17). The lowest BCUT2D eigenvalue weighted by Gasteiger charge is -2.00. The number of nitrogens with one attached hydrogen (secondary N) is 1. The Morgan fingerprint density at radius 2 is 2.37 bits per heavy atom. The number of nitrogens with zero attached hydrogens (tertiary/aromatic N) is 4. The Balaban J connectivity index is 1.56. The second-order valence-corrected chi connectivity index (χ2v) is 6.07. The van der Waals surface area contributed by atoms with E-state index in [1.807, 2.05) is 18.6 Å². The quantitative estimate of drug-likeness (QED) is 0.574. The third-order valence-corrected chi connectivity index (χ3v) is 4.03. The molecule has 0 aliphatic heterocycles. The maximum Gasteiger partial charge on any atom is 0.178 e. The number of H-pyrrole nitrogens is 1. The van der Waals surface area contributed by atoms with Gasteiger partial charge in [0.1, 0.15) is 0 Å². The zero-order valence-electron chi connectivity index (χ0n) is 10.1. The summed E-state index contributed by atoms with van der Waals surface area (Å²) in [7, 11) is 0. The van der Waals surface area contributed by atoms with Gasteiger partial charge in [-0.05, 0) is 28.4 Å². The second-order valence-electron chi connectivity index (χ2n) is 4.07. The van der Waals surface area contributed by atoms with Crippen LogP contribution in [0.5, 0.6) is 0 Å². The van der Waals surface area contributed by atoms with Crippen LogP contribution >= 0.6 is 27.7 Å². The van der Waals surface area contributed by atoms with Gasteiger partial charge in [-0.3, -0.25) is 0 Å². The molecular formula is C12H12BrN5S. The number of aryl methyl sites for hydroxylation is 1. The number of aromatic amines is 1. The lowest BCUT2D eigenvalue weighted by Crippen LogP contribution is -1.95. The molecule has 1 N–H and O–H groups in total. The van der Waals surface area contributed by atoms with Crippen LogP contribution in [0.2, 0.25) is 0 Å². The van der Waals surface area contributed by atoms with Gasteiger partial charge in [-0.1, -0.05) is 11.8 Å². The van der Waals surface area contributed by atoms with Gasteiger partial charge in [0, 0.05) is 35.4 Å². The predicted octanol–water partition coefficient (Wildman–Crippen LogP) is 3.10. The van der Waals surface area contributed by atoms with Crippen LogP contribution in [-0.2, 0) is 6.54 Å². The zero-order chi connectivity index (χ0) is 13.1. The van der Waals surface area contributed by atoms with Crippen molar-refractivity contribution in [2.45, 2.75) is 18.1 Å². The largest absolute Gasteiger partial charge is 0.337 e. The smallest absolute Gasteiger partial charge is 0.178 e. The van der Waals surface area contributed by atoms with Crippen LogP contribution in [0.3, 0.4) is 0 Å². The predicted molar refractivity (Wildman–Crippen MR) is 79.2 cm³/mol. The van der Waals surface area contributed by atoms with Gasteiger partial charge in [-0.25, -0.2) is 15.0 Å². The van der Waals surface area contributed by atoms with Crippen LogP contribution in [0.1, 0.15) is 6.42 Å². The minimum atomic E-state index is 0.764. The van der Waals surface area contributed by atoms with E-state index < -0.39 is 0 Å². The van der Waals surface area contributed by atoms with E-state index in [2.05, 4.69) is 40.4 Å². The Kier molecular flexibility index (Phi) is 3.84. The molecule has 0 fully saturated rings. The molecule has 98 valence electrons. The molecular weight excluding hydrogens is 326 g/mol. The van der Waals surface area contributed by atoms with E-state index in [9.17, 15) is 0 Å². The Hall–Kier alpha value is -1.34. The first-order valence-electron chi connectivity index (χ1n) is 5.91. The fraction of sp³-hybridized carbons (Fsp3) is 0.250. The van der Waals surface area contributed by atoms with E-state index in [1.165, 1.54) is 0 Å². The third-order valence-electron chi connectivity index (χ3n) is 2.64. The van der Waals surface area contributed by atoms with E-state index in [0.717, 1.165) is 39.5 Å². The van der Waals surface area contributed by atoms with Crippen molar-refractivity contribution in [3.63, 3.8) is 0 Å². The topological polar surface area (TPSA) is 59.4 Å². The van der Waals surface area contributed by atoms with Crippen molar-refractivity contribution in [1.29, 1.82) is 0 Å². The van der Waals surface area contributed by atoms with E-state index in [1.54, 1.807) is 24.2 Å². The number of pyridine rings is 1. The van der Waals surface area contributed by atoms with Gasteiger partial charge in [0.25, 0.3) is 0 Å². The number of fused-ring (bicyclic) bond motifs is 1.